The number of ether oxygens (including phenoxy) is 2. The molecule has 80 valence electrons. The van der Waals surface area contributed by atoms with Crippen LogP contribution in [0.4, 0.5) is 8.78 Å². The van der Waals surface area contributed by atoms with Crippen LogP contribution in [-0.4, -0.2) is 16.3 Å². The van der Waals surface area contributed by atoms with Crippen molar-refractivity contribution in [2.75, 3.05) is 0 Å². The Bertz CT molecular complexity index is 511. The molecule has 0 atom stereocenters. The lowest BCUT2D eigenvalue weighted by Crippen LogP contribution is -2.25. The van der Waals surface area contributed by atoms with Gasteiger partial charge in [0.15, 0.2) is 11.5 Å². The summed E-state index contributed by atoms with van der Waals surface area (Å²) < 4.78 is 34.0. The lowest BCUT2D eigenvalue weighted by molar-refractivity contribution is -0.286. The predicted molar refractivity (Wildman–Crippen MR) is 49.1 cm³/mol. The summed E-state index contributed by atoms with van der Waals surface area (Å²) in [6.45, 7) is 1.78. The van der Waals surface area contributed by atoms with Crippen molar-refractivity contribution in [3.63, 3.8) is 0 Å². The fourth-order valence-electron chi connectivity index (χ4n) is 1.58. The van der Waals surface area contributed by atoms with Gasteiger partial charge in [-0.05, 0) is 6.92 Å². The molecule has 1 aliphatic heterocycles. The molecule has 4 nitrogen and oxygen atoms in total. The summed E-state index contributed by atoms with van der Waals surface area (Å²) in [5.41, 5.74) is 1.22. The molecule has 0 spiro atoms. The van der Waals surface area contributed by atoms with Gasteiger partial charge >= 0.3 is 6.29 Å². The van der Waals surface area contributed by atoms with E-state index < -0.39 is 6.29 Å². The maximum atomic E-state index is 12.7. The van der Waals surface area contributed by atoms with Crippen LogP contribution >= 0.6 is 0 Å². The molecule has 2 aromatic rings. The number of fused-ring (bicyclic) bond motifs is 2. The van der Waals surface area contributed by atoms with Crippen molar-refractivity contribution in [2.24, 2.45) is 0 Å². The van der Waals surface area contributed by atoms with Crippen LogP contribution in [0.1, 0.15) is 7.25 Å². The molecule has 1 aliphatic rings. The molecule has 1 N–H and O–H groups in total. The van der Waals surface area contributed by atoms with Gasteiger partial charge in [0.25, 0.3) is 0 Å². The maximum Gasteiger partial charge on any atom is 0.586 e. The molecule has 0 saturated carbocycles. The molecule has 1 aromatic heterocycles. The van der Waals surface area contributed by atoms with E-state index in [1.807, 2.05) is 0 Å². The average Bonchev–Trinajstić information content (AvgIpc) is 2.55. The van der Waals surface area contributed by atoms with Crippen LogP contribution in [0.2, 0.25) is 0 Å². The van der Waals surface area contributed by atoms with Crippen molar-refractivity contribution in [1.29, 1.82) is 0 Å². The number of aryl methyl sites for hydroxylation is 1. The number of nitrogens with one attached hydrogen (secondary N) is 1. The van der Waals surface area contributed by atoms with Crippen molar-refractivity contribution in [3.8, 4) is 11.5 Å². The van der Waals surface area contributed by atoms with Gasteiger partial charge in [0.1, 0.15) is 5.82 Å². The minimum Gasteiger partial charge on any atom is -0.395 e. The summed E-state index contributed by atoms with van der Waals surface area (Å²) in [4.78, 5) is 7.03. The number of rotatable bonds is 0. The van der Waals surface area contributed by atoms with Crippen LogP contribution < -0.4 is 9.47 Å². The number of imidazole rings is 1. The van der Waals surface area contributed by atoms with Gasteiger partial charge in [-0.2, -0.15) is 0 Å². The molecule has 15 heavy (non-hydrogen) atoms. The Morgan fingerprint density at radius 2 is 2.00 bits per heavy atom. The van der Waals surface area contributed by atoms with Gasteiger partial charge in [0.05, 0.1) is 11.0 Å². The highest BCUT2D eigenvalue weighted by molar-refractivity contribution is 5.80. The van der Waals surface area contributed by atoms with Crippen molar-refractivity contribution < 1.29 is 19.7 Å². The number of aromatic nitrogens is 2. The molecule has 6 heteroatoms. The van der Waals surface area contributed by atoms with E-state index >= 15 is 0 Å². The van der Waals surface area contributed by atoms with Crippen LogP contribution in [0.3, 0.4) is 0 Å². The van der Waals surface area contributed by atoms with Crippen molar-refractivity contribution in [2.45, 2.75) is 13.2 Å². The second kappa shape index (κ2) is 2.39. The minimum atomic E-state index is -3.57. The summed E-state index contributed by atoms with van der Waals surface area (Å²) in [6, 6.07) is 2.88. The summed E-state index contributed by atoms with van der Waals surface area (Å²) in [5.74, 6) is 0.746. The van der Waals surface area contributed by atoms with E-state index in [4.69, 9.17) is 0 Å². The third-order valence-corrected chi connectivity index (χ3v) is 2.12. The van der Waals surface area contributed by atoms with Crippen LogP contribution in [0, 0.1) is 6.92 Å². The quantitative estimate of drug-likeness (QED) is 0.732. The highest BCUT2D eigenvalue weighted by Gasteiger charge is 2.43. The first-order chi connectivity index (χ1) is 7.03. The number of nitrogens with zero attached hydrogens (tertiary/aromatic N) is 1. The highest BCUT2D eigenvalue weighted by Crippen LogP contribution is 2.42. The fourth-order valence-corrected chi connectivity index (χ4v) is 1.58. The number of hydrogen-bond donors (Lipinski definition) is 1. The largest absolute Gasteiger partial charge is 0.586 e. The number of H-pyrrole nitrogens is 1. The number of aromatic amines is 1. The Morgan fingerprint density at radius 3 is 2.73 bits per heavy atom. The topological polar surface area (TPSA) is 47.1 Å². The molecule has 0 aliphatic carbocycles. The average molecular weight is 214 g/mol. The smallest absolute Gasteiger partial charge is 0.395 e. The molecule has 3 rings (SSSR count). The van der Waals surface area contributed by atoms with Crippen molar-refractivity contribution in [1.82, 2.24) is 9.97 Å². The Balaban J connectivity index is 0.000000963. The second-order valence-corrected chi connectivity index (χ2v) is 3.31. The molecule has 0 saturated heterocycles. The van der Waals surface area contributed by atoms with Gasteiger partial charge < -0.3 is 14.5 Å². The second-order valence-electron chi connectivity index (χ2n) is 3.31. The van der Waals surface area contributed by atoms with Gasteiger partial charge in [-0.1, -0.05) is 0 Å². The number of halogens is 2. The molecule has 1 aromatic carbocycles. The normalized spacial score (nSPS) is 17.3. The Morgan fingerprint density at radius 1 is 1.33 bits per heavy atom. The molecule has 0 fully saturated rings. The van der Waals surface area contributed by atoms with Crippen molar-refractivity contribution >= 4 is 11.0 Å². The van der Waals surface area contributed by atoms with Gasteiger partial charge in [0, 0.05) is 13.6 Å². The first-order valence-corrected chi connectivity index (χ1v) is 4.30. The van der Waals surface area contributed by atoms with Crippen LogP contribution in [0.15, 0.2) is 12.1 Å². The van der Waals surface area contributed by atoms with Gasteiger partial charge in [-0.25, -0.2) is 4.98 Å². The first-order valence-electron chi connectivity index (χ1n) is 4.30. The summed E-state index contributed by atoms with van der Waals surface area (Å²) in [6.07, 6.45) is -3.57. The summed E-state index contributed by atoms with van der Waals surface area (Å²) >= 11 is 0. The van der Waals surface area contributed by atoms with E-state index in [1.165, 1.54) is 12.1 Å². The highest BCUT2D eigenvalue weighted by atomic mass is 19.3. The van der Waals surface area contributed by atoms with E-state index in [2.05, 4.69) is 19.4 Å². The predicted octanol–water partition coefficient (Wildman–Crippen LogP) is 2.44. The monoisotopic (exact) mass is 214 g/mol. The Labute approximate surface area is 84.3 Å². The SMILES string of the molecule is Cc1nc2cc3c(cc2[nH]1)OC(F)(F)O3.[HH]. The molecular formula is C9H8F2N2O2. The number of benzene rings is 1. The molecule has 2 heterocycles. The number of hydrogen-bond acceptors (Lipinski definition) is 3. The van der Waals surface area contributed by atoms with Gasteiger partial charge in [0.2, 0.25) is 0 Å². The van der Waals surface area contributed by atoms with Gasteiger partial charge in [-0.3, -0.25) is 0 Å². The Hall–Kier alpha value is -1.85. The van der Waals surface area contributed by atoms with E-state index in [-0.39, 0.29) is 12.9 Å². The number of alkyl halides is 2. The van der Waals surface area contributed by atoms with E-state index in [0.717, 1.165) is 0 Å². The molecule has 0 unspecified atom stereocenters. The zero-order valence-electron chi connectivity index (χ0n) is 7.67. The zero-order chi connectivity index (χ0) is 10.6. The summed E-state index contributed by atoms with van der Waals surface area (Å²) in [7, 11) is 0. The molecule has 0 radical (unpaired) electrons. The lowest BCUT2D eigenvalue weighted by atomic mass is 10.3. The van der Waals surface area contributed by atoms with Crippen molar-refractivity contribution in [3.05, 3.63) is 18.0 Å². The van der Waals surface area contributed by atoms with Gasteiger partial charge in [-0.15, -0.1) is 8.78 Å². The van der Waals surface area contributed by atoms with Crippen LogP contribution in [0.5, 0.6) is 11.5 Å². The molecule has 0 bridgehead atoms. The third-order valence-electron chi connectivity index (χ3n) is 2.12. The van der Waals surface area contributed by atoms with Crippen LogP contribution in [-0.2, 0) is 0 Å². The standard InChI is InChI=1S/C9H6F2N2O2.H2/c1-4-12-5-2-7-8(3-6(5)13-4)15-9(10,11)14-7;/h2-3H,1H3,(H,12,13);1H. The summed E-state index contributed by atoms with van der Waals surface area (Å²) in [5, 5.41) is 0. The fraction of sp³-hybridized carbons (Fsp3) is 0.222. The molecular weight excluding hydrogens is 206 g/mol. The Kier molecular flexibility index (Phi) is 1.35. The first kappa shape index (κ1) is 8.46. The third kappa shape index (κ3) is 1.21. The molecule has 0 amide bonds. The minimum absolute atomic E-state index is 0. The van der Waals surface area contributed by atoms with E-state index in [9.17, 15) is 8.78 Å². The van der Waals surface area contributed by atoms with E-state index in [1.54, 1.807) is 6.92 Å². The lowest BCUT2D eigenvalue weighted by Gasteiger charge is -2.04. The van der Waals surface area contributed by atoms with Crippen LogP contribution in [0.25, 0.3) is 11.0 Å². The zero-order valence-corrected chi connectivity index (χ0v) is 7.67. The van der Waals surface area contributed by atoms with E-state index in [0.29, 0.717) is 16.9 Å². The maximum absolute atomic E-state index is 12.7.